The maximum Gasteiger partial charge on any atom is 0.197 e. The van der Waals surface area contributed by atoms with Gasteiger partial charge in [-0.15, -0.1) is 0 Å². The summed E-state index contributed by atoms with van der Waals surface area (Å²) in [5.74, 6) is 1.30. The minimum Gasteiger partial charge on any atom is -0.493 e. The number of aliphatic hydroxyl groups is 1. The summed E-state index contributed by atoms with van der Waals surface area (Å²) in [5, 5.41) is 10.5. The summed E-state index contributed by atoms with van der Waals surface area (Å²) in [6, 6.07) is 11.3. The number of hydrogen-bond donors (Lipinski definition) is 1. The number of aryl methyl sites for hydroxylation is 1. The molecule has 0 unspecified atom stereocenters. The fourth-order valence-corrected chi connectivity index (χ4v) is 3.43. The normalized spacial score (nSPS) is 12.3. The molecule has 0 saturated heterocycles. The number of rotatable bonds is 8. The van der Waals surface area contributed by atoms with Crippen molar-refractivity contribution in [3.8, 4) is 11.5 Å². The monoisotopic (exact) mass is 397 g/mol. The van der Waals surface area contributed by atoms with Crippen LogP contribution in [0.25, 0.3) is 11.0 Å². The van der Waals surface area contributed by atoms with Crippen LogP contribution < -0.4 is 14.9 Å². The third kappa shape index (κ3) is 4.96. The van der Waals surface area contributed by atoms with Crippen LogP contribution >= 0.6 is 0 Å². The molecule has 0 aliphatic rings. The molecule has 6 heteroatoms. The minimum atomic E-state index is -0.537. The Hall–Kier alpha value is -2.83. The van der Waals surface area contributed by atoms with Crippen LogP contribution in [0.2, 0.25) is 0 Å². The second-order valence-corrected chi connectivity index (χ2v) is 7.30. The van der Waals surface area contributed by atoms with Crippen molar-refractivity contribution in [1.29, 1.82) is 0 Å². The van der Waals surface area contributed by atoms with Gasteiger partial charge in [0.25, 0.3) is 0 Å². The Morgan fingerprint density at radius 3 is 2.52 bits per heavy atom. The maximum atomic E-state index is 13.0. The molecule has 154 valence electrons. The van der Waals surface area contributed by atoms with Gasteiger partial charge in [-0.05, 0) is 43.7 Å². The van der Waals surface area contributed by atoms with E-state index in [-0.39, 0.29) is 5.43 Å². The first-order valence-electron chi connectivity index (χ1n) is 9.53. The molecule has 0 fully saturated rings. The Balaban J connectivity index is 1.89. The largest absolute Gasteiger partial charge is 0.493 e. The molecule has 6 nitrogen and oxygen atoms in total. The van der Waals surface area contributed by atoms with E-state index in [1.807, 2.05) is 48.2 Å². The lowest BCUT2D eigenvalue weighted by Crippen LogP contribution is -2.32. The lowest BCUT2D eigenvalue weighted by Gasteiger charge is -2.24. The van der Waals surface area contributed by atoms with Crippen LogP contribution in [0, 0.1) is 6.92 Å². The average molecular weight is 397 g/mol. The molecule has 1 N–H and O–H groups in total. The summed E-state index contributed by atoms with van der Waals surface area (Å²) in [7, 11) is 3.19. The first-order valence-corrected chi connectivity index (χ1v) is 9.53. The van der Waals surface area contributed by atoms with E-state index >= 15 is 0 Å². The van der Waals surface area contributed by atoms with Gasteiger partial charge in [-0.1, -0.05) is 17.7 Å². The van der Waals surface area contributed by atoms with Crippen molar-refractivity contribution in [2.75, 3.05) is 20.8 Å². The highest BCUT2D eigenvalue weighted by Gasteiger charge is 2.15. The number of benzene rings is 2. The first-order chi connectivity index (χ1) is 13.9. The zero-order valence-electron chi connectivity index (χ0n) is 17.3. The Labute approximate surface area is 170 Å². The van der Waals surface area contributed by atoms with Crippen LogP contribution in [0.3, 0.4) is 0 Å². The molecule has 1 atom stereocenters. The predicted octanol–water partition coefficient (Wildman–Crippen LogP) is 3.50. The van der Waals surface area contributed by atoms with Crippen LogP contribution in [0.5, 0.6) is 11.5 Å². The van der Waals surface area contributed by atoms with E-state index in [9.17, 15) is 9.90 Å². The Kier molecular flexibility index (Phi) is 6.56. The average Bonchev–Trinajstić information content (AvgIpc) is 2.69. The molecule has 3 aromatic rings. The topological polar surface area (TPSA) is 72.1 Å². The molecule has 1 aromatic heterocycles. The van der Waals surface area contributed by atoms with Crippen molar-refractivity contribution in [2.24, 2.45) is 0 Å². The van der Waals surface area contributed by atoms with Crippen molar-refractivity contribution >= 4 is 11.0 Å². The van der Waals surface area contributed by atoms with Gasteiger partial charge in [-0.2, -0.15) is 0 Å². The smallest absolute Gasteiger partial charge is 0.197 e. The van der Waals surface area contributed by atoms with Crippen molar-refractivity contribution in [1.82, 2.24) is 4.90 Å². The highest BCUT2D eigenvalue weighted by Crippen LogP contribution is 2.28. The Morgan fingerprint density at radius 1 is 1.07 bits per heavy atom. The summed E-state index contributed by atoms with van der Waals surface area (Å²) in [6.45, 7) is 5.00. The predicted molar refractivity (Wildman–Crippen MR) is 113 cm³/mol. The third-order valence-corrected chi connectivity index (χ3v) is 4.77. The quantitative estimate of drug-likeness (QED) is 0.627. The number of hydrogen-bond acceptors (Lipinski definition) is 6. The standard InChI is InChI=1S/C23H27NO5/c1-15-5-7-20-19(9-15)23(26)18(14-29-20)13-24(11-16(2)25)12-17-6-8-21(27-3)22(10-17)28-4/h5-10,14,16,25H,11-13H2,1-4H3/t16-/m1/s1. The van der Waals surface area contributed by atoms with Gasteiger partial charge in [0, 0.05) is 25.2 Å². The number of nitrogens with zero attached hydrogens (tertiary/aromatic N) is 1. The molecule has 0 aliphatic heterocycles. The molecule has 0 amide bonds. The van der Waals surface area contributed by atoms with Gasteiger partial charge in [-0.25, -0.2) is 0 Å². The zero-order valence-corrected chi connectivity index (χ0v) is 17.3. The first kappa shape index (κ1) is 20.9. The molecule has 0 radical (unpaired) electrons. The summed E-state index contributed by atoms with van der Waals surface area (Å²) in [6.07, 6.45) is 0.980. The van der Waals surface area contributed by atoms with Crippen LogP contribution in [-0.4, -0.2) is 36.9 Å². The van der Waals surface area contributed by atoms with E-state index in [4.69, 9.17) is 13.9 Å². The van der Waals surface area contributed by atoms with E-state index < -0.39 is 6.10 Å². The van der Waals surface area contributed by atoms with E-state index in [1.165, 1.54) is 6.26 Å². The summed E-state index contributed by atoms with van der Waals surface area (Å²) in [4.78, 5) is 15.0. The summed E-state index contributed by atoms with van der Waals surface area (Å²) >= 11 is 0. The summed E-state index contributed by atoms with van der Waals surface area (Å²) in [5.41, 5.74) is 3.09. The van der Waals surface area contributed by atoms with Crippen LogP contribution in [0.1, 0.15) is 23.6 Å². The van der Waals surface area contributed by atoms with Crippen molar-refractivity contribution in [2.45, 2.75) is 33.0 Å². The fourth-order valence-electron chi connectivity index (χ4n) is 3.43. The second kappa shape index (κ2) is 9.11. The third-order valence-electron chi connectivity index (χ3n) is 4.77. The molecular formula is C23H27NO5. The van der Waals surface area contributed by atoms with Gasteiger partial charge in [0.1, 0.15) is 5.58 Å². The van der Waals surface area contributed by atoms with E-state index in [0.29, 0.717) is 47.7 Å². The van der Waals surface area contributed by atoms with Crippen molar-refractivity contribution < 1.29 is 19.0 Å². The van der Waals surface area contributed by atoms with Gasteiger partial charge in [0.15, 0.2) is 16.9 Å². The van der Waals surface area contributed by atoms with Crippen molar-refractivity contribution in [3.63, 3.8) is 0 Å². The molecule has 29 heavy (non-hydrogen) atoms. The molecule has 2 aromatic carbocycles. The zero-order chi connectivity index (χ0) is 21.0. The van der Waals surface area contributed by atoms with E-state index in [2.05, 4.69) is 0 Å². The molecule has 0 bridgehead atoms. The minimum absolute atomic E-state index is 0.0437. The molecule has 0 saturated carbocycles. The number of fused-ring (bicyclic) bond motifs is 1. The second-order valence-electron chi connectivity index (χ2n) is 7.30. The molecule has 3 rings (SSSR count). The molecule has 0 aliphatic carbocycles. The Bertz CT molecular complexity index is 1040. The lowest BCUT2D eigenvalue weighted by molar-refractivity contribution is 0.117. The van der Waals surface area contributed by atoms with Gasteiger partial charge < -0.3 is 19.0 Å². The summed E-state index contributed by atoms with van der Waals surface area (Å²) < 4.78 is 16.3. The lowest BCUT2D eigenvalue weighted by atomic mass is 10.1. The van der Waals surface area contributed by atoms with Gasteiger partial charge in [0.2, 0.25) is 0 Å². The SMILES string of the molecule is COc1ccc(CN(Cc2coc3ccc(C)cc3c2=O)C[C@@H](C)O)cc1OC. The number of aliphatic hydroxyl groups excluding tert-OH is 1. The van der Waals surface area contributed by atoms with Gasteiger partial charge >= 0.3 is 0 Å². The molecule has 1 heterocycles. The number of methoxy groups -OCH3 is 2. The van der Waals surface area contributed by atoms with Gasteiger partial charge in [0.05, 0.1) is 32.0 Å². The maximum absolute atomic E-state index is 13.0. The van der Waals surface area contributed by atoms with E-state index in [0.717, 1.165) is 11.1 Å². The molecule has 0 spiro atoms. The number of ether oxygens (including phenoxy) is 2. The Morgan fingerprint density at radius 2 is 1.83 bits per heavy atom. The highest BCUT2D eigenvalue weighted by atomic mass is 16.5. The fraction of sp³-hybridized carbons (Fsp3) is 0.348. The van der Waals surface area contributed by atoms with Crippen molar-refractivity contribution in [3.05, 3.63) is 69.6 Å². The van der Waals surface area contributed by atoms with Crippen LogP contribution in [0.4, 0.5) is 0 Å². The van der Waals surface area contributed by atoms with Crippen LogP contribution in [0.15, 0.2) is 51.9 Å². The highest BCUT2D eigenvalue weighted by molar-refractivity contribution is 5.77. The molecular weight excluding hydrogens is 370 g/mol. The van der Waals surface area contributed by atoms with Crippen LogP contribution in [-0.2, 0) is 13.1 Å². The van der Waals surface area contributed by atoms with E-state index in [1.54, 1.807) is 21.1 Å². The van der Waals surface area contributed by atoms with Gasteiger partial charge in [-0.3, -0.25) is 9.69 Å².